The molecular formula is C23H27N5O3S. The molecule has 0 N–H and O–H groups in total. The predicted molar refractivity (Wildman–Crippen MR) is 121 cm³/mol. The monoisotopic (exact) mass is 453 g/mol. The van der Waals surface area contributed by atoms with E-state index < -0.39 is 15.9 Å². The molecule has 4 heterocycles. The number of fused-ring (bicyclic) bond motifs is 1. The zero-order chi connectivity index (χ0) is 22.1. The van der Waals surface area contributed by atoms with E-state index in [4.69, 9.17) is 0 Å². The lowest BCUT2D eigenvalue weighted by molar-refractivity contribution is -0.138. The molecule has 2 aromatic heterocycles. The fraction of sp³-hybridized carbons (Fsp3) is 0.435. The molecule has 0 radical (unpaired) electrons. The van der Waals surface area contributed by atoms with Gasteiger partial charge in [-0.3, -0.25) is 14.1 Å². The largest absolute Gasteiger partial charge is 0.341 e. The quantitative estimate of drug-likeness (QED) is 0.600. The van der Waals surface area contributed by atoms with Gasteiger partial charge < -0.3 is 4.90 Å². The van der Waals surface area contributed by atoms with Crippen LogP contribution in [-0.2, 0) is 14.6 Å². The Bertz CT molecular complexity index is 1190. The average Bonchev–Trinajstić information content (AvgIpc) is 3.25. The summed E-state index contributed by atoms with van der Waals surface area (Å²) < 4.78 is 25.9. The van der Waals surface area contributed by atoms with Gasteiger partial charge in [-0.25, -0.2) is 8.42 Å². The predicted octanol–water partition coefficient (Wildman–Crippen LogP) is 1.91. The maximum Gasteiger partial charge on any atom is 0.244 e. The van der Waals surface area contributed by atoms with Crippen molar-refractivity contribution in [3.05, 3.63) is 66.1 Å². The van der Waals surface area contributed by atoms with E-state index in [9.17, 15) is 13.2 Å². The summed E-state index contributed by atoms with van der Waals surface area (Å²) in [5.74, 6) is 1.47. The third-order valence-electron chi connectivity index (χ3n) is 6.61. The Hall–Kier alpha value is -2.78. The molecule has 168 valence electrons. The highest BCUT2D eigenvalue weighted by Gasteiger charge is 2.36. The number of benzene rings is 1. The normalized spacial score (nSPS) is 20.9. The molecule has 2 aliphatic rings. The second-order valence-corrected chi connectivity index (χ2v) is 10.9. The second-order valence-electron chi connectivity index (χ2n) is 8.59. The van der Waals surface area contributed by atoms with E-state index in [2.05, 4.69) is 10.2 Å². The molecule has 32 heavy (non-hydrogen) atoms. The van der Waals surface area contributed by atoms with Gasteiger partial charge in [0.1, 0.15) is 11.9 Å². The van der Waals surface area contributed by atoms with Gasteiger partial charge in [0.05, 0.1) is 11.5 Å². The van der Waals surface area contributed by atoms with Gasteiger partial charge in [0.2, 0.25) is 5.91 Å². The number of pyridine rings is 1. The second kappa shape index (κ2) is 8.63. The first-order chi connectivity index (χ1) is 15.5. The van der Waals surface area contributed by atoms with Crippen molar-refractivity contribution >= 4 is 21.4 Å². The van der Waals surface area contributed by atoms with Crippen molar-refractivity contribution in [2.45, 2.75) is 24.8 Å². The van der Waals surface area contributed by atoms with Gasteiger partial charge >= 0.3 is 0 Å². The van der Waals surface area contributed by atoms with Gasteiger partial charge in [0.15, 0.2) is 15.5 Å². The number of rotatable bonds is 4. The first-order valence-electron chi connectivity index (χ1n) is 11.1. The van der Waals surface area contributed by atoms with Crippen molar-refractivity contribution in [1.82, 2.24) is 24.4 Å². The van der Waals surface area contributed by atoms with Gasteiger partial charge in [0.25, 0.3) is 0 Å². The van der Waals surface area contributed by atoms with Crippen LogP contribution < -0.4 is 0 Å². The van der Waals surface area contributed by atoms with Crippen molar-refractivity contribution in [3.63, 3.8) is 0 Å². The molecule has 9 heteroatoms. The van der Waals surface area contributed by atoms with E-state index in [1.54, 1.807) is 0 Å². The first-order valence-corrected chi connectivity index (χ1v) is 12.9. The highest BCUT2D eigenvalue weighted by atomic mass is 32.2. The number of carbonyl (C=O) groups is 1. The van der Waals surface area contributed by atoms with Crippen LogP contribution in [-0.4, -0.2) is 76.4 Å². The van der Waals surface area contributed by atoms with Gasteiger partial charge in [-0.2, -0.15) is 0 Å². The third kappa shape index (κ3) is 4.14. The fourth-order valence-electron chi connectivity index (χ4n) is 4.80. The van der Waals surface area contributed by atoms with E-state index in [1.807, 2.05) is 68.9 Å². The van der Waals surface area contributed by atoms with Crippen LogP contribution in [0.25, 0.3) is 5.65 Å². The minimum atomic E-state index is -3.01. The minimum absolute atomic E-state index is 0.0556. The Morgan fingerprint density at radius 2 is 1.59 bits per heavy atom. The van der Waals surface area contributed by atoms with Crippen molar-refractivity contribution in [1.29, 1.82) is 0 Å². The van der Waals surface area contributed by atoms with E-state index in [0.717, 1.165) is 29.9 Å². The van der Waals surface area contributed by atoms with Gasteiger partial charge in [-0.05, 0) is 30.5 Å². The van der Waals surface area contributed by atoms with Crippen LogP contribution in [0.1, 0.15) is 36.2 Å². The number of carbonyl (C=O) groups excluding carboxylic acids is 1. The molecule has 3 aromatic rings. The average molecular weight is 454 g/mol. The molecule has 5 rings (SSSR count). The van der Waals surface area contributed by atoms with Gasteiger partial charge in [-0.1, -0.05) is 36.4 Å². The molecule has 1 aromatic carbocycles. The van der Waals surface area contributed by atoms with Crippen LogP contribution in [0.4, 0.5) is 0 Å². The van der Waals surface area contributed by atoms with Crippen LogP contribution >= 0.6 is 0 Å². The Morgan fingerprint density at radius 3 is 2.31 bits per heavy atom. The summed E-state index contributed by atoms with van der Waals surface area (Å²) in [7, 11) is -3.01. The van der Waals surface area contributed by atoms with Gasteiger partial charge in [-0.15, -0.1) is 10.2 Å². The molecule has 0 spiro atoms. The lowest BCUT2D eigenvalue weighted by Crippen LogP contribution is -2.50. The van der Waals surface area contributed by atoms with Crippen LogP contribution in [0.3, 0.4) is 0 Å². The van der Waals surface area contributed by atoms with E-state index in [1.165, 1.54) is 0 Å². The van der Waals surface area contributed by atoms with Crippen molar-refractivity contribution in [3.8, 4) is 0 Å². The molecule has 1 atom stereocenters. The molecule has 2 fully saturated rings. The van der Waals surface area contributed by atoms with Crippen LogP contribution in [0.15, 0.2) is 54.7 Å². The number of nitrogens with zero attached hydrogens (tertiary/aromatic N) is 5. The Kier molecular flexibility index (Phi) is 5.69. The summed E-state index contributed by atoms with van der Waals surface area (Å²) >= 11 is 0. The molecule has 2 saturated heterocycles. The maximum atomic E-state index is 13.7. The third-order valence-corrected chi connectivity index (χ3v) is 8.21. The molecule has 1 unspecified atom stereocenters. The lowest BCUT2D eigenvalue weighted by Gasteiger charge is -2.39. The van der Waals surface area contributed by atoms with Crippen LogP contribution in [0, 0.1) is 0 Å². The Labute approximate surface area is 187 Å². The zero-order valence-electron chi connectivity index (χ0n) is 17.9. The molecular weight excluding hydrogens is 426 g/mol. The summed E-state index contributed by atoms with van der Waals surface area (Å²) in [4.78, 5) is 17.6. The van der Waals surface area contributed by atoms with Crippen LogP contribution in [0.5, 0.6) is 0 Å². The SMILES string of the molecule is O=C(C(c1ccccc1)N1CCS(=O)(=O)CC1)N1CCC(c2nnc3ccccn23)CC1. The molecule has 1 amide bonds. The lowest BCUT2D eigenvalue weighted by atomic mass is 9.94. The topological polar surface area (TPSA) is 87.9 Å². The summed E-state index contributed by atoms with van der Waals surface area (Å²) in [5, 5.41) is 8.67. The number of sulfone groups is 1. The summed E-state index contributed by atoms with van der Waals surface area (Å²) in [6.45, 7) is 2.08. The zero-order valence-corrected chi connectivity index (χ0v) is 18.7. The Morgan fingerprint density at radius 1 is 0.906 bits per heavy atom. The molecule has 0 aliphatic carbocycles. The molecule has 0 saturated carbocycles. The highest BCUT2D eigenvalue weighted by Crippen LogP contribution is 2.31. The first kappa shape index (κ1) is 21.1. The molecule has 8 nitrogen and oxygen atoms in total. The van der Waals surface area contributed by atoms with E-state index >= 15 is 0 Å². The minimum Gasteiger partial charge on any atom is -0.341 e. The molecule has 2 aliphatic heterocycles. The maximum absolute atomic E-state index is 13.7. The number of hydrogen-bond donors (Lipinski definition) is 0. The van der Waals surface area contributed by atoms with E-state index in [0.29, 0.717) is 26.2 Å². The fourth-order valence-corrected chi connectivity index (χ4v) is 6.03. The van der Waals surface area contributed by atoms with Crippen molar-refractivity contribution in [2.75, 3.05) is 37.7 Å². The standard InChI is InChI=1S/C23H27N5O3S/c29-23(21(18-6-2-1-3-7-18)26-14-16-32(30,31)17-15-26)27-12-9-19(10-13-27)22-25-24-20-8-4-5-11-28(20)22/h1-8,11,19,21H,9-10,12-17H2. The number of hydrogen-bond acceptors (Lipinski definition) is 6. The summed E-state index contributed by atoms with van der Waals surface area (Å²) in [6.07, 6.45) is 3.65. The molecule has 0 bridgehead atoms. The number of aromatic nitrogens is 3. The highest BCUT2D eigenvalue weighted by molar-refractivity contribution is 7.91. The van der Waals surface area contributed by atoms with Crippen molar-refractivity contribution < 1.29 is 13.2 Å². The smallest absolute Gasteiger partial charge is 0.244 e. The number of piperidine rings is 1. The van der Waals surface area contributed by atoms with Crippen LogP contribution in [0.2, 0.25) is 0 Å². The van der Waals surface area contributed by atoms with E-state index in [-0.39, 0.29) is 23.3 Å². The number of amides is 1. The Balaban J connectivity index is 1.32. The van der Waals surface area contributed by atoms with Crippen molar-refractivity contribution in [2.24, 2.45) is 0 Å². The summed E-state index contributed by atoms with van der Waals surface area (Å²) in [6, 6.07) is 15.1. The summed E-state index contributed by atoms with van der Waals surface area (Å²) in [5.41, 5.74) is 1.76. The van der Waals surface area contributed by atoms with Gasteiger partial charge in [0, 0.05) is 38.3 Å². The number of likely N-dealkylation sites (tertiary alicyclic amines) is 1.